The molecule has 0 aromatic heterocycles. The van der Waals surface area contributed by atoms with Crippen LogP contribution in [0.25, 0.3) is 0 Å². The lowest BCUT2D eigenvalue weighted by Crippen LogP contribution is -3.11. The van der Waals surface area contributed by atoms with Crippen LogP contribution in [0.15, 0.2) is 18.2 Å². The van der Waals surface area contributed by atoms with Crippen LogP contribution < -0.4 is 15.5 Å². The number of quaternary nitrogens is 1. The monoisotopic (exact) mass is 383 g/mol. The van der Waals surface area contributed by atoms with E-state index in [0.717, 1.165) is 17.7 Å². The third-order valence-electron chi connectivity index (χ3n) is 4.18. The number of carbonyl (C=O) groups is 2. The molecule has 1 unspecified atom stereocenters. The molecule has 1 aromatic rings. The van der Waals surface area contributed by atoms with E-state index in [1.54, 1.807) is 25.2 Å². The molecule has 1 atom stereocenters. The summed E-state index contributed by atoms with van der Waals surface area (Å²) >= 11 is 11.7. The second-order valence-corrected chi connectivity index (χ2v) is 7.25. The number of benzene rings is 1. The fourth-order valence-electron chi connectivity index (χ4n) is 2.94. The lowest BCUT2D eigenvalue weighted by molar-refractivity contribution is -0.862. The highest BCUT2D eigenvalue weighted by Crippen LogP contribution is 2.28. The maximum Gasteiger partial charge on any atom is 0.279 e. The maximum absolute atomic E-state index is 12.1. The summed E-state index contributed by atoms with van der Waals surface area (Å²) in [5, 5.41) is 15.6. The second-order valence-electron chi connectivity index (χ2n) is 6.44. The molecule has 0 spiro atoms. The number of hydrogen-bond acceptors (Lipinski definition) is 3. The molecule has 25 heavy (non-hydrogen) atoms. The summed E-state index contributed by atoms with van der Waals surface area (Å²) in [6.45, 7) is 0.242. The highest BCUT2D eigenvalue weighted by molar-refractivity contribution is 6.42. The van der Waals surface area contributed by atoms with Crippen molar-refractivity contribution in [1.82, 2.24) is 5.32 Å². The molecule has 3 N–H and O–H groups in total. The highest BCUT2D eigenvalue weighted by Gasteiger charge is 2.35. The quantitative estimate of drug-likeness (QED) is 0.693. The summed E-state index contributed by atoms with van der Waals surface area (Å²) in [6, 6.07) is 7.05. The van der Waals surface area contributed by atoms with Crippen molar-refractivity contribution >= 4 is 40.7 Å². The Bertz CT molecular complexity index is 696. The van der Waals surface area contributed by atoms with E-state index in [0.29, 0.717) is 28.6 Å². The number of halogens is 2. The van der Waals surface area contributed by atoms with Gasteiger partial charge in [-0.2, -0.15) is 5.26 Å². The van der Waals surface area contributed by atoms with Crippen LogP contribution in [-0.4, -0.2) is 37.5 Å². The molecule has 0 saturated heterocycles. The maximum atomic E-state index is 12.1. The van der Waals surface area contributed by atoms with E-state index in [1.807, 2.05) is 0 Å². The highest BCUT2D eigenvalue weighted by atomic mass is 35.5. The van der Waals surface area contributed by atoms with Crippen molar-refractivity contribution < 1.29 is 14.5 Å². The summed E-state index contributed by atoms with van der Waals surface area (Å²) < 4.78 is 0. The van der Waals surface area contributed by atoms with Crippen molar-refractivity contribution in [3.05, 3.63) is 28.2 Å². The molecule has 0 aliphatic heterocycles. The molecule has 1 saturated carbocycles. The minimum Gasteiger partial charge on any atom is -0.333 e. The molecule has 134 valence electrons. The van der Waals surface area contributed by atoms with Gasteiger partial charge < -0.3 is 15.5 Å². The third kappa shape index (κ3) is 5.60. The average Bonchev–Trinajstić information content (AvgIpc) is 2.99. The van der Waals surface area contributed by atoms with Gasteiger partial charge in [-0.25, -0.2) is 0 Å². The zero-order chi connectivity index (χ0) is 18.4. The summed E-state index contributed by atoms with van der Waals surface area (Å²) in [5.41, 5.74) is -0.189. The SMILES string of the molecule is C[NH+](CC(=O)Nc1ccc(Cl)c(Cl)c1)CC(=O)NC1(C#N)CCCC1. The van der Waals surface area contributed by atoms with E-state index in [2.05, 4.69) is 16.7 Å². The van der Waals surface area contributed by atoms with Gasteiger partial charge in [-0.1, -0.05) is 23.2 Å². The lowest BCUT2D eigenvalue weighted by atomic mass is 10.00. The van der Waals surface area contributed by atoms with Crippen LogP contribution in [0.4, 0.5) is 5.69 Å². The first-order valence-electron chi connectivity index (χ1n) is 8.12. The first-order valence-corrected chi connectivity index (χ1v) is 8.88. The Labute approximate surface area is 157 Å². The van der Waals surface area contributed by atoms with Gasteiger partial charge in [0.05, 0.1) is 23.2 Å². The Morgan fingerprint density at radius 2 is 1.84 bits per heavy atom. The lowest BCUT2D eigenvalue weighted by Gasteiger charge is -2.22. The van der Waals surface area contributed by atoms with E-state index < -0.39 is 5.54 Å². The molecule has 1 aliphatic rings. The number of amides is 2. The predicted molar refractivity (Wildman–Crippen MR) is 96.7 cm³/mol. The van der Waals surface area contributed by atoms with Crippen LogP contribution in [0.3, 0.4) is 0 Å². The number of likely N-dealkylation sites (N-methyl/N-ethyl adjacent to an activating group) is 1. The van der Waals surface area contributed by atoms with Crippen molar-refractivity contribution in [3.8, 4) is 6.07 Å². The van der Waals surface area contributed by atoms with E-state index in [4.69, 9.17) is 23.2 Å². The van der Waals surface area contributed by atoms with E-state index in [9.17, 15) is 14.9 Å². The van der Waals surface area contributed by atoms with Crippen LogP contribution in [-0.2, 0) is 9.59 Å². The smallest absolute Gasteiger partial charge is 0.279 e. The van der Waals surface area contributed by atoms with E-state index >= 15 is 0 Å². The molecule has 2 rings (SSSR count). The molecular formula is C17H21Cl2N4O2+. The number of hydrogen-bond donors (Lipinski definition) is 3. The van der Waals surface area contributed by atoms with Gasteiger partial charge >= 0.3 is 0 Å². The minimum atomic E-state index is -0.736. The zero-order valence-corrected chi connectivity index (χ0v) is 15.5. The number of nitrogens with one attached hydrogen (secondary N) is 3. The second kappa shape index (κ2) is 8.52. The standard InChI is InChI=1S/C17H20Cl2N4O2/c1-23(10-16(25)22-17(11-20)6-2-3-7-17)9-15(24)21-12-4-5-13(18)14(19)8-12/h4-5,8H,2-3,6-7,9-10H2,1H3,(H,21,24)(H,22,25)/p+1. The largest absolute Gasteiger partial charge is 0.333 e. The first kappa shape index (κ1) is 19.5. The summed E-state index contributed by atoms with van der Waals surface area (Å²) in [6.07, 6.45) is 3.27. The Morgan fingerprint density at radius 1 is 1.20 bits per heavy atom. The zero-order valence-electron chi connectivity index (χ0n) is 14.0. The van der Waals surface area contributed by atoms with Crippen LogP contribution in [0.5, 0.6) is 0 Å². The summed E-state index contributed by atoms with van der Waals surface area (Å²) in [7, 11) is 1.75. The van der Waals surface area contributed by atoms with Gasteiger partial charge in [0, 0.05) is 5.69 Å². The minimum absolute atomic E-state index is 0.118. The molecule has 0 bridgehead atoms. The van der Waals surface area contributed by atoms with Crippen molar-refractivity contribution in [2.75, 3.05) is 25.5 Å². The van der Waals surface area contributed by atoms with Gasteiger partial charge in [0.2, 0.25) is 0 Å². The predicted octanol–water partition coefficient (Wildman–Crippen LogP) is 1.40. The summed E-state index contributed by atoms with van der Waals surface area (Å²) in [4.78, 5) is 24.9. The molecule has 0 heterocycles. The van der Waals surface area contributed by atoms with Gasteiger partial charge in [-0.15, -0.1) is 0 Å². The number of nitriles is 1. The van der Waals surface area contributed by atoms with Crippen molar-refractivity contribution in [3.63, 3.8) is 0 Å². The number of carbonyl (C=O) groups excluding carboxylic acids is 2. The Morgan fingerprint density at radius 3 is 2.44 bits per heavy atom. The fraction of sp³-hybridized carbons (Fsp3) is 0.471. The van der Waals surface area contributed by atoms with Crippen LogP contribution in [0.1, 0.15) is 25.7 Å². The average molecular weight is 384 g/mol. The van der Waals surface area contributed by atoms with E-state index in [1.165, 1.54) is 0 Å². The molecular weight excluding hydrogens is 363 g/mol. The topological polar surface area (TPSA) is 86.4 Å². The number of rotatable bonds is 6. The van der Waals surface area contributed by atoms with Crippen LogP contribution in [0, 0.1) is 11.3 Å². The van der Waals surface area contributed by atoms with E-state index in [-0.39, 0.29) is 24.9 Å². The molecule has 8 heteroatoms. The number of anilines is 1. The summed E-state index contributed by atoms with van der Waals surface area (Å²) in [5.74, 6) is -0.456. The van der Waals surface area contributed by atoms with Crippen molar-refractivity contribution in [2.24, 2.45) is 0 Å². The molecule has 2 amide bonds. The van der Waals surface area contributed by atoms with Gasteiger partial charge in [0.25, 0.3) is 11.8 Å². The molecule has 1 aromatic carbocycles. The fourth-order valence-corrected chi connectivity index (χ4v) is 3.24. The Kier molecular flexibility index (Phi) is 6.65. The van der Waals surface area contributed by atoms with Crippen molar-refractivity contribution in [2.45, 2.75) is 31.2 Å². The Hall–Kier alpha value is -1.81. The van der Waals surface area contributed by atoms with Crippen LogP contribution in [0.2, 0.25) is 10.0 Å². The third-order valence-corrected chi connectivity index (χ3v) is 4.92. The normalized spacial score (nSPS) is 16.7. The molecule has 6 nitrogen and oxygen atoms in total. The van der Waals surface area contributed by atoms with Gasteiger partial charge in [0.15, 0.2) is 13.1 Å². The Balaban J connectivity index is 1.81. The van der Waals surface area contributed by atoms with Crippen LogP contribution >= 0.6 is 23.2 Å². The van der Waals surface area contributed by atoms with Gasteiger partial charge in [-0.05, 0) is 43.9 Å². The van der Waals surface area contributed by atoms with Gasteiger partial charge in [0.1, 0.15) is 5.54 Å². The number of nitrogens with zero attached hydrogens (tertiary/aromatic N) is 1. The first-order chi connectivity index (χ1) is 11.8. The molecule has 1 aliphatic carbocycles. The van der Waals surface area contributed by atoms with Gasteiger partial charge in [-0.3, -0.25) is 9.59 Å². The van der Waals surface area contributed by atoms with Crippen molar-refractivity contribution in [1.29, 1.82) is 5.26 Å². The molecule has 1 fully saturated rings. The molecule has 0 radical (unpaired) electrons.